The van der Waals surface area contributed by atoms with Gasteiger partial charge >= 0.3 is 6.18 Å². The molecule has 0 saturated carbocycles. The van der Waals surface area contributed by atoms with Gasteiger partial charge in [0, 0.05) is 13.6 Å². The molecule has 1 aromatic carbocycles. The van der Waals surface area contributed by atoms with Gasteiger partial charge in [-0.25, -0.2) is 0 Å². The van der Waals surface area contributed by atoms with Crippen molar-refractivity contribution in [1.82, 2.24) is 15.1 Å². The molecule has 0 atom stereocenters. The summed E-state index contributed by atoms with van der Waals surface area (Å²) in [5.74, 6) is -0.0623. The number of nitrogens with zero attached hydrogens (tertiary/aromatic N) is 4. The minimum absolute atomic E-state index is 0.107. The van der Waals surface area contributed by atoms with E-state index in [1.807, 2.05) is 6.07 Å². The summed E-state index contributed by atoms with van der Waals surface area (Å²) in [5.41, 5.74) is -0.904. The van der Waals surface area contributed by atoms with Crippen LogP contribution in [0.25, 0.3) is 0 Å². The summed E-state index contributed by atoms with van der Waals surface area (Å²) >= 11 is 2.20. The highest BCUT2D eigenvalue weighted by atomic mass is 32.2. The number of thioether (sulfide) groups is 1. The Morgan fingerprint density at radius 3 is 2.81 bits per heavy atom. The minimum Gasteiger partial charge on any atom is -0.344 e. The van der Waals surface area contributed by atoms with Crippen molar-refractivity contribution >= 4 is 39.8 Å². The van der Waals surface area contributed by atoms with Gasteiger partial charge in [0.05, 0.1) is 29.5 Å². The molecule has 0 fully saturated rings. The molecule has 0 aliphatic rings. The van der Waals surface area contributed by atoms with Crippen LogP contribution in [-0.4, -0.2) is 40.3 Å². The van der Waals surface area contributed by atoms with E-state index in [0.29, 0.717) is 10.9 Å². The zero-order chi connectivity index (χ0) is 19.2. The fourth-order valence-corrected chi connectivity index (χ4v) is 3.55. The number of para-hydroxylation sites is 1. The van der Waals surface area contributed by atoms with Gasteiger partial charge in [-0.05, 0) is 12.1 Å². The van der Waals surface area contributed by atoms with Crippen LogP contribution in [0.1, 0.15) is 12.0 Å². The molecule has 2 aromatic rings. The Morgan fingerprint density at radius 2 is 2.12 bits per heavy atom. The molecule has 0 aliphatic carbocycles. The first-order chi connectivity index (χ1) is 12.3. The third kappa shape index (κ3) is 5.60. The van der Waals surface area contributed by atoms with Gasteiger partial charge in [0.25, 0.3) is 0 Å². The molecular formula is C15H14F3N5OS2. The third-order valence-electron chi connectivity index (χ3n) is 3.18. The first-order valence-corrected chi connectivity index (χ1v) is 9.12. The number of nitrogens with one attached hydrogen (secondary N) is 1. The molecule has 0 saturated heterocycles. The summed E-state index contributed by atoms with van der Waals surface area (Å²) < 4.78 is 39.4. The van der Waals surface area contributed by atoms with E-state index in [-0.39, 0.29) is 28.9 Å². The Balaban J connectivity index is 1.97. The summed E-state index contributed by atoms with van der Waals surface area (Å²) in [4.78, 5) is 13.3. The Hall–Kier alpha value is -2.32. The summed E-state index contributed by atoms with van der Waals surface area (Å²) in [7, 11) is 1.60. The van der Waals surface area contributed by atoms with Gasteiger partial charge in [-0.15, -0.1) is 10.2 Å². The monoisotopic (exact) mass is 401 g/mol. The highest BCUT2D eigenvalue weighted by Gasteiger charge is 2.33. The normalized spacial score (nSPS) is 11.0. The van der Waals surface area contributed by atoms with Crippen molar-refractivity contribution in [3.63, 3.8) is 0 Å². The smallest absolute Gasteiger partial charge is 0.344 e. The van der Waals surface area contributed by atoms with E-state index in [1.54, 1.807) is 7.05 Å². The molecule has 11 heteroatoms. The topological polar surface area (TPSA) is 81.9 Å². The summed E-state index contributed by atoms with van der Waals surface area (Å²) in [6.07, 6.45) is -4.23. The second kappa shape index (κ2) is 8.86. The maximum Gasteiger partial charge on any atom is 0.418 e. The van der Waals surface area contributed by atoms with Crippen LogP contribution >= 0.6 is 23.1 Å². The zero-order valence-electron chi connectivity index (χ0n) is 13.6. The first kappa shape index (κ1) is 20.0. The fourth-order valence-electron chi connectivity index (χ4n) is 1.85. The van der Waals surface area contributed by atoms with Crippen molar-refractivity contribution < 1.29 is 18.0 Å². The molecule has 0 unspecified atom stereocenters. The Kier molecular flexibility index (Phi) is 6.82. The number of anilines is 2. The van der Waals surface area contributed by atoms with Crippen LogP contribution in [0.5, 0.6) is 0 Å². The van der Waals surface area contributed by atoms with Gasteiger partial charge in [-0.1, -0.05) is 35.2 Å². The first-order valence-electron chi connectivity index (χ1n) is 7.31. The van der Waals surface area contributed by atoms with E-state index in [9.17, 15) is 18.0 Å². The van der Waals surface area contributed by atoms with Gasteiger partial charge in [0.1, 0.15) is 0 Å². The van der Waals surface area contributed by atoms with E-state index >= 15 is 0 Å². The number of aromatic nitrogens is 2. The number of hydrogen-bond acceptors (Lipinski definition) is 7. The van der Waals surface area contributed by atoms with Crippen LogP contribution in [0, 0.1) is 11.3 Å². The molecule has 0 bridgehead atoms. The van der Waals surface area contributed by atoms with Crippen molar-refractivity contribution in [2.45, 2.75) is 16.9 Å². The van der Waals surface area contributed by atoms with E-state index in [1.165, 1.54) is 23.1 Å². The number of carbonyl (C=O) groups is 1. The number of halogens is 3. The number of carbonyl (C=O) groups excluding carboxylic acids is 1. The molecule has 1 heterocycles. The molecule has 26 heavy (non-hydrogen) atoms. The SMILES string of the molecule is CN(CCC#N)C(=O)CSc1nnc(Nc2ccccc2C(F)(F)F)s1. The van der Waals surface area contributed by atoms with E-state index in [0.717, 1.165) is 29.2 Å². The van der Waals surface area contributed by atoms with Crippen LogP contribution in [0.4, 0.5) is 24.0 Å². The lowest BCUT2D eigenvalue weighted by Gasteiger charge is -2.14. The molecule has 0 radical (unpaired) electrons. The average molecular weight is 401 g/mol. The van der Waals surface area contributed by atoms with E-state index in [4.69, 9.17) is 5.26 Å². The lowest BCUT2D eigenvalue weighted by Crippen LogP contribution is -2.29. The highest BCUT2D eigenvalue weighted by Crippen LogP contribution is 2.36. The lowest BCUT2D eigenvalue weighted by atomic mass is 10.2. The Bertz CT molecular complexity index is 803. The van der Waals surface area contributed by atoms with Gasteiger partial charge in [-0.3, -0.25) is 4.79 Å². The molecule has 1 N–H and O–H groups in total. The van der Waals surface area contributed by atoms with Crippen LogP contribution in [0.3, 0.4) is 0 Å². The van der Waals surface area contributed by atoms with Crippen molar-refractivity contribution in [2.24, 2.45) is 0 Å². The number of alkyl halides is 3. The van der Waals surface area contributed by atoms with Gasteiger partial charge in [0.2, 0.25) is 11.0 Å². The van der Waals surface area contributed by atoms with E-state index < -0.39 is 11.7 Å². The Labute approximate surface area is 156 Å². The lowest BCUT2D eigenvalue weighted by molar-refractivity contribution is -0.137. The molecular weight excluding hydrogens is 387 g/mol. The highest BCUT2D eigenvalue weighted by molar-refractivity contribution is 8.01. The standard InChI is InChI=1S/C15H14F3N5OS2/c1-23(8-4-7-19)12(24)9-25-14-22-21-13(26-14)20-11-6-3-2-5-10(11)15(16,17)18/h2-3,5-6H,4,8-9H2,1H3,(H,20,21). The second-order valence-corrected chi connectivity index (χ2v) is 7.25. The van der Waals surface area contributed by atoms with Gasteiger partial charge in [-0.2, -0.15) is 18.4 Å². The second-order valence-electron chi connectivity index (χ2n) is 5.05. The minimum atomic E-state index is -4.48. The predicted octanol–water partition coefficient (Wildman–Crippen LogP) is 3.76. The summed E-state index contributed by atoms with van der Waals surface area (Å²) in [6, 6.07) is 7.05. The van der Waals surface area contributed by atoms with Crippen LogP contribution < -0.4 is 5.32 Å². The number of benzene rings is 1. The molecule has 2 rings (SSSR count). The van der Waals surface area contributed by atoms with Gasteiger partial charge < -0.3 is 10.2 Å². The number of rotatable bonds is 7. The van der Waals surface area contributed by atoms with Crippen molar-refractivity contribution in [3.8, 4) is 6.07 Å². The molecule has 1 aromatic heterocycles. The summed E-state index contributed by atoms with van der Waals surface area (Å²) in [6.45, 7) is 0.340. The largest absolute Gasteiger partial charge is 0.418 e. The molecule has 6 nitrogen and oxygen atoms in total. The molecule has 0 aliphatic heterocycles. The van der Waals surface area contributed by atoms with Crippen LogP contribution in [0.2, 0.25) is 0 Å². The number of hydrogen-bond donors (Lipinski definition) is 1. The maximum absolute atomic E-state index is 13.0. The van der Waals surface area contributed by atoms with Crippen LogP contribution in [-0.2, 0) is 11.0 Å². The van der Waals surface area contributed by atoms with Gasteiger partial charge in [0.15, 0.2) is 4.34 Å². The summed E-state index contributed by atoms with van der Waals surface area (Å²) in [5, 5.41) is 19.0. The van der Waals surface area contributed by atoms with Crippen molar-refractivity contribution in [1.29, 1.82) is 5.26 Å². The molecule has 1 amide bonds. The fraction of sp³-hybridized carbons (Fsp3) is 0.333. The molecule has 0 spiro atoms. The zero-order valence-corrected chi connectivity index (χ0v) is 15.2. The number of amides is 1. The maximum atomic E-state index is 13.0. The number of nitriles is 1. The predicted molar refractivity (Wildman–Crippen MR) is 93.2 cm³/mol. The van der Waals surface area contributed by atoms with E-state index in [2.05, 4.69) is 15.5 Å². The van der Waals surface area contributed by atoms with Crippen molar-refractivity contribution in [2.75, 3.05) is 24.7 Å². The molecule has 138 valence electrons. The Morgan fingerprint density at radius 1 is 1.38 bits per heavy atom. The van der Waals surface area contributed by atoms with Crippen molar-refractivity contribution in [3.05, 3.63) is 29.8 Å². The quantitative estimate of drug-likeness (QED) is 0.712. The third-order valence-corrected chi connectivity index (χ3v) is 5.14. The van der Waals surface area contributed by atoms with Crippen LogP contribution in [0.15, 0.2) is 28.6 Å². The average Bonchev–Trinajstić information content (AvgIpc) is 3.04.